The highest BCUT2D eigenvalue weighted by Crippen LogP contribution is 2.27. The molecule has 0 saturated heterocycles. The third-order valence-electron chi connectivity index (χ3n) is 5.26. The lowest BCUT2D eigenvalue weighted by atomic mass is 10.1. The lowest BCUT2D eigenvalue weighted by Crippen LogP contribution is -2.25. The number of benzene rings is 3. The molecule has 0 atom stereocenters. The fourth-order valence-electron chi connectivity index (χ4n) is 3.48. The fourth-order valence-corrected chi connectivity index (χ4v) is 4.48. The predicted molar refractivity (Wildman–Crippen MR) is 132 cm³/mol. The van der Waals surface area contributed by atoms with E-state index in [2.05, 4.69) is 5.32 Å². The average molecular weight is 478 g/mol. The summed E-state index contributed by atoms with van der Waals surface area (Å²) in [6.45, 7) is 2.54. The van der Waals surface area contributed by atoms with Crippen molar-refractivity contribution in [3.63, 3.8) is 0 Å². The Morgan fingerprint density at radius 2 is 1.94 bits per heavy atom. The standard InChI is InChI=1S/C26H24FN3O3S/c1-3-13-28-24(31)17-11-12-21-23(14-17)29-26(34-16-18-7-4-5-10-22(18)27)30(25(21)32)19-8-6-9-20(15-19)33-2/h4-12,14-15H,3,13,16H2,1-2H3,(H,28,31). The highest BCUT2D eigenvalue weighted by molar-refractivity contribution is 7.98. The molecule has 0 bridgehead atoms. The molecule has 0 radical (unpaired) electrons. The summed E-state index contributed by atoms with van der Waals surface area (Å²) in [4.78, 5) is 30.7. The van der Waals surface area contributed by atoms with Gasteiger partial charge in [0.2, 0.25) is 0 Å². The van der Waals surface area contributed by atoms with E-state index in [9.17, 15) is 14.0 Å². The summed E-state index contributed by atoms with van der Waals surface area (Å²) >= 11 is 1.25. The van der Waals surface area contributed by atoms with Crippen molar-refractivity contribution >= 4 is 28.6 Å². The summed E-state index contributed by atoms with van der Waals surface area (Å²) in [6, 6.07) is 18.5. The topological polar surface area (TPSA) is 73.2 Å². The van der Waals surface area contributed by atoms with Gasteiger partial charge in [-0.2, -0.15) is 0 Å². The third kappa shape index (κ3) is 4.97. The average Bonchev–Trinajstić information content (AvgIpc) is 2.86. The Balaban J connectivity index is 1.84. The fraction of sp³-hybridized carbons (Fsp3) is 0.192. The molecule has 174 valence electrons. The van der Waals surface area contributed by atoms with Crippen LogP contribution in [0.3, 0.4) is 0 Å². The van der Waals surface area contributed by atoms with E-state index in [4.69, 9.17) is 9.72 Å². The second-order valence-electron chi connectivity index (χ2n) is 7.60. The second-order valence-corrected chi connectivity index (χ2v) is 8.55. The molecule has 6 nitrogen and oxygen atoms in total. The number of aromatic nitrogens is 2. The maximum Gasteiger partial charge on any atom is 0.266 e. The molecular weight excluding hydrogens is 453 g/mol. The SMILES string of the molecule is CCCNC(=O)c1ccc2c(=O)n(-c3cccc(OC)c3)c(SCc3ccccc3F)nc2c1. The number of fused-ring (bicyclic) bond motifs is 1. The summed E-state index contributed by atoms with van der Waals surface area (Å²) in [7, 11) is 1.56. The predicted octanol–water partition coefficient (Wildman–Crippen LogP) is 4.97. The van der Waals surface area contributed by atoms with E-state index in [0.717, 1.165) is 6.42 Å². The van der Waals surface area contributed by atoms with Crippen LogP contribution in [0, 0.1) is 5.82 Å². The number of halogens is 1. The quantitative estimate of drug-likeness (QED) is 0.287. The van der Waals surface area contributed by atoms with E-state index in [1.807, 2.05) is 6.92 Å². The number of methoxy groups -OCH3 is 1. The Kier molecular flexibility index (Phi) is 7.27. The molecule has 1 N–H and O–H groups in total. The largest absolute Gasteiger partial charge is 0.497 e. The van der Waals surface area contributed by atoms with Gasteiger partial charge in [-0.25, -0.2) is 9.37 Å². The molecule has 34 heavy (non-hydrogen) atoms. The van der Waals surface area contributed by atoms with Crippen molar-refractivity contribution in [3.05, 3.63) is 94.0 Å². The first kappa shape index (κ1) is 23.5. The number of hydrogen-bond acceptors (Lipinski definition) is 5. The lowest BCUT2D eigenvalue weighted by Gasteiger charge is -2.15. The maximum atomic E-state index is 14.2. The Bertz CT molecular complexity index is 1400. The van der Waals surface area contributed by atoms with Crippen LogP contribution in [0.15, 0.2) is 76.7 Å². The van der Waals surface area contributed by atoms with Crippen molar-refractivity contribution in [1.82, 2.24) is 14.9 Å². The highest BCUT2D eigenvalue weighted by atomic mass is 32.2. The molecule has 4 rings (SSSR count). The number of nitrogens with one attached hydrogen (secondary N) is 1. The number of carbonyl (C=O) groups excluding carboxylic acids is 1. The van der Waals surface area contributed by atoms with Gasteiger partial charge in [-0.05, 0) is 48.4 Å². The molecule has 8 heteroatoms. The van der Waals surface area contributed by atoms with Crippen molar-refractivity contribution in [2.45, 2.75) is 24.3 Å². The summed E-state index contributed by atoms with van der Waals surface area (Å²) in [5.74, 6) is 0.340. The molecule has 0 aliphatic heterocycles. The van der Waals surface area contributed by atoms with Gasteiger partial charge in [0, 0.05) is 23.9 Å². The minimum atomic E-state index is -0.319. The van der Waals surface area contributed by atoms with Crippen LogP contribution >= 0.6 is 11.8 Å². The summed E-state index contributed by atoms with van der Waals surface area (Å²) in [5.41, 5.74) is 1.64. The number of rotatable bonds is 8. The molecule has 0 aliphatic carbocycles. The molecule has 1 heterocycles. The lowest BCUT2D eigenvalue weighted by molar-refractivity contribution is 0.0953. The van der Waals surface area contributed by atoms with Gasteiger partial charge in [-0.3, -0.25) is 14.2 Å². The number of hydrogen-bond donors (Lipinski definition) is 1. The van der Waals surface area contributed by atoms with E-state index in [1.165, 1.54) is 22.4 Å². The van der Waals surface area contributed by atoms with Gasteiger partial charge >= 0.3 is 0 Å². The van der Waals surface area contributed by atoms with Crippen LogP contribution in [0.5, 0.6) is 5.75 Å². The van der Waals surface area contributed by atoms with Crippen LogP contribution in [0.2, 0.25) is 0 Å². The molecule has 0 saturated carbocycles. The summed E-state index contributed by atoms with van der Waals surface area (Å²) < 4.78 is 21.0. The minimum absolute atomic E-state index is 0.219. The van der Waals surface area contributed by atoms with E-state index < -0.39 is 0 Å². The van der Waals surface area contributed by atoms with Crippen LogP contribution in [0.4, 0.5) is 4.39 Å². The Labute approximate surface area is 200 Å². The second kappa shape index (κ2) is 10.5. The number of thioether (sulfide) groups is 1. The van der Waals surface area contributed by atoms with E-state index in [-0.39, 0.29) is 23.0 Å². The van der Waals surface area contributed by atoms with Crippen molar-refractivity contribution in [2.24, 2.45) is 0 Å². The van der Waals surface area contributed by atoms with Crippen LogP contribution in [-0.2, 0) is 5.75 Å². The molecule has 0 fully saturated rings. The molecule has 0 spiro atoms. The first-order chi connectivity index (χ1) is 16.5. The van der Waals surface area contributed by atoms with Gasteiger partial charge in [0.15, 0.2) is 5.16 Å². The minimum Gasteiger partial charge on any atom is -0.497 e. The van der Waals surface area contributed by atoms with Crippen LogP contribution in [0.25, 0.3) is 16.6 Å². The Hall–Kier alpha value is -3.65. The van der Waals surface area contributed by atoms with E-state index >= 15 is 0 Å². The first-order valence-electron chi connectivity index (χ1n) is 10.9. The van der Waals surface area contributed by atoms with Crippen molar-refractivity contribution in [3.8, 4) is 11.4 Å². The van der Waals surface area contributed by atoms with E-state index in [1.54, 1.807) is 67.8 Å². The summed E-state index contributed by atoms with van der Waals surface area (Å²) in [5, 5.41) is 3.60. The number of amides is 1. The van der Waals surface area contributed by atoms with Gasteiger partial charge in [0.1, 0.15) is 11.6 Å². The molecular formula is C26H24FN3O3S. The van der Waals surface area contributed by atoms with Gasteiger partial charge < -0.3 is 10.1 Å². The zero-order valence-electron chi connectivity index (χ0n) is 18.9. The van der Waals surface area contributed by atoms with Crippen molar-refractivity contribution in [1.29, 1.82) is 0 Å². The highest BCUT2D eigenvalue weighted by Gasteiger charge is 2.16. The monoisotopic (exact) mass is 477 g/mol. The zero-order chi connectivity index (χ0) is 24.1. The van der Waals surface area contributed by atoms with Crippen molar-refractivity contribution in [2.75, 3.05) is 13.7 Å². The normalized spacial score (nSPS) is 10.9. The Morgan fingerprint density at radius 3 is 2.71 bits per heavy atom. The van der Waals surface area contributed by atoms with Gasteiger partial charge in [0.25, 0.3) is 11.5 Å². The molecule has 0 unspecified atom stereocenters. The molecule has 1 aromatic heterocycles. The zero-order valence-corrected chi connectivity index (χ0v) is 19.7. The maximum absolute atomic E-state index is 14.2. The van der Waals surface area contributed by atoms with Gasteiger partial charge in [-0.15, -0.1) is 0 Å². The smallest absolute Gasteiger partial charge is 0.266 e. The Morgan fingerprint density at radius 1 is 1.12 bits per heavy atom. The van der Waals surface area contributed by atoms with E-state index in [0.29, 0.717) is 45.2 Å². The molecule has 3 aromatic carbocycles. The molecule has 4 aromatic rings. The number of ether oxygens (including phenoxy) is 1. The molecule has 0 aliphatic rings. The van der Waals surface area contributed by atoms with Gasteiger partial charge in [-0.1, -0.05) is 43.0 Å². The van der Waals surface area contributed by atoms with Crippen molar-refractivity contribution < 1.29 is 13.9 Å². The number of nitrogens with zero attached hydrogens (tertiary/aromatic N) is 2. The van der Waals surface area contributed by atoms with Crippen LogP contribution in [0.1, 0.15) is 29.3 Å². The van der Waals surface area contributed by atoms with Gasteiger partial charge in [0.05, 0.1) is 23.7 Å². The van der Waals surface area contributed by atoms with Crippen LogP contribution in [-0.4, -0.2) is 29.1 Å². The van der Waals surface area contributed by atoms with Crippen LogP contribution < -0.4 is 15.6 Å². The number of carbonyl (C=O) groups is 1. The molecule has 1 amide bonds. The first-order valence-corrected chi connectivity index (χ1v) is 11.9. The summed E-state index contributed by atoms with van der Waals surface area (Å²) in [6.07, 6.45) is 0.819. The third-order valence-corrected chi connectivity index (χ3v) is 6.25.